The zero-order chi connectivity index (χ0) is 10.2. The molecule has 3 nitrogen and oxygen atoms in total. The summed E-state index contributed by atoms with van der Waals surface area (Å²) >= 11 is 0.762. The first-order valence-corrected chi connectivity index (χ1v) is 5.00. The molecule has 1 fully saturated rings. The molecule has 0 aromatic carbocycles. The highest BCUT2D eigenvalue weighted by Crippen LogP contribution is 2.30. The molecule has 7 heteroatoms. The number of halogens is 3. The first-order valence-electron chi connectivity index (χ1n) is 4.23. The molecule has 1 aliphatic rings. The lowest BCUT2D eigenvalue weighted by Gasteiger charge is -2.25. The fourth-order valence-corrected chi connectivity index (χ4v) is 1.79. The lowest BCUT2D eigenvalue weighted by atomic mass is 9.93. The normalized spacial score (nSPS) is 17.9. The van der Waals surface area contributed by atoms with Crippen LogP contribution in [0.15, 0.2) is 0 Å². The molecule has 0 saturated heterocycles. The molecule has 1 aromatic heterocycles. The van der Waals surface area contributed by atoms with E-state index in [2.05, 4.69) is 14.7 Å². The van der Waals surface area contributed by atoms with Crippen molar-refractivity contribution in [3.8, 4) is 0 Å². The molecule has 78 valence electrons. The van der Waals surface area contributed by atoms with E-state index in [-0.39, 0.29) is 11.2 Å². The predicted octanol–water partition coefficient (Wildman–Crippen LogP) is 2.52. The molecule has 1 aromatic rings. The van der Waals surface area contributed by atoms with Gasteiger partial charge in [-0.2, -0.15) is 22.5 Å². The van der Waals surface area contributed by atoms with E-state index in [1.807, 2.05) is 0 Å². The van der Waals surface area contributed by atoms with E-state index in [4.69, 9.17) is 0 Å². The molecule has 0 radical (unpaired) electrons. The maximum absolute atomic E-state index is 12.1. The molecule has 14 heavy (non-hydrogen) atoms. The maximum atomic E-state index is 12.1. The van der Waals surface area contributed by atoms with Gasteiger partial charge in [-0.15, -0.1) is 0 Å². The molecule has 0 atom stereocenters. The van der Waals surface area contributed by atoms with E-state index in [1.165, 1.54) is 0 Å². The van der Waals surface area contributed by atoms with Crippen LogP contribution in [0.25, 0.3) is 0 Å². The van der Waals surface area contributed by atoms with Crippen LogP contribution < -0.4 is 5.32 Å². The van der Waals surface area contributed by atoms with Gasteiger partial charge in [0, 0.05) is 17.6 Å². The summed E-state index contributed by atoms with van der Waals surface area (Å²) in [5, 5.41) is 3.18. The summed E-state index contributed by atoms with van der Waals surface area (Å²) < 4.78 is 39.5. The van der Waals surface area contributed by atoms with E-state index in [0.717, 1.165) is 30.8 Å². The Labute approximate surface area is 82.5 Å². The Morgan fingerprint density at radius 1 is 1.36 bits per heavy atom. The van der Waals surface area contributed by atoms with Gasteiger partial charge in [0.15, 0.2) is 0 Å². The van der Waals surface area contributed by atoms with Crippen LogP contribution in [0.4, 0.5) is 18.3 Å². The van der Waals surface area contributed by atoms with Gasteiger partial charge in [0.25, 0.3) is 0 Å². The Morgan fingerprint density at radius 3 is 2.50 bits per heavy atom. The van der Waals surface area contributed by atoms with Crippen LogP contribution in [0, 0.1) is 0 Å². The molecule has 0 amide bonds. The summed E-state index contributed by atoms with van der Waals surface area (Å²) in [7, 11) is 0. The Kier molecular flexibility index (Phi) is 2.34. The third-order valence-electron chi connectivity index (χ3n) is 2.11. The first-order chi connectivity index (χ1) is 6.55. The Balaban J connectivity index is 2.02. The highest BCUT2D eigenvalue weighted by Gasteiger charge is 2.36. The highest BCUT2D eigenvalue weighted by atomic mass is 32.1. The van der Waals surface area contributed by atoms with Crippen LogP contribution in [0.3, 0.4) is 0 Å². The average Bonchev–Trinajstić information content (AvgIpc) is 2.43. The molecular weight excluding hydrogens is 215 g/mol. The predicted molar refractivity (Wildman–Crippen MR) is 46.2 cm³/mol. The van der Waals surface area contributed by atoms with Crippen molar-refractivity contribution in [2.75, 3.05) is 5.32 Å². The summed E-state index contributed by atoms with van der Waals surface area (Å²) in [6, 6.07) is 0.282. The van der Waals surface area contributed by atoms with Gasteiger partial charge in [0.2, 0.25) is 11.0 Å². The Hall–Kier alpha value is -0.850. The minimum atomic E-state index is -4.43. The second-order valence-electron chi connectivity index (χ2n) is 3.19. The van der Waals surface area contributed by atoms with Crippen molar-refractivity contribution < 1.29 is 13.2 Å². The van der Waals surface area contributed by atoms with Gasteiger partial charge in [0.1, 0.15) is 0 Å². The Morgan fingerprint density at radius 2 is 2.07 bits per heavy atom. The quantitative estimate of drug-likeness (QED) is 0.837. The molecule has 1 saturated carbocycles. The number of aromatic nitrogens is 2. The van der Waals surface area contributed by atoms with Crippen molar-refractivity contribution >= 4 is 16.7 Å². The van der Waals surface area contributed by atoms with Gasteiger partial charge in [-0.05, 0) is 19.3 Å². The molecule has 0 bridgehead atoms. The van der Waals surface area contributed by atoms with E-state index in [9.17, 15) is 13.2 Å². The largest absolute Gasteiger partial charge is 0.452 e. The summed E-state index contributed by atoms with van der Waals surface area (Å²) in [6.45, 7) is 0. The molecule has 0 unspecified atom stereocenters. The second kappa shape index (κ2) is 3.38. The third-order valence-corrected chi connectivity index (χ3v) is 2.76. The number of hydrogen-bond acceptors (Lipinski definition) is 4. The van der Waals surface area contributed by atoms with Crippen molar-refractivity contribution in [3.05, 3.63) is 5.82 Å². The number of alkyl halides is 3. The van der Waals surface area contributed by atoms with Crippen LogP contribution in [0.1, 0.15) is 25.1 Å². The molecule has 1 aliphatic carbocycles. The first kappa shape index (κ1) is 9.70. The fourth-order valence-electron chi connectivity index (χ4n) is 1.12. The highest BCUT2D eigenvalue weighted by molar-refractivity contribution is 7.09. The summed E-state index contributed by atoms with van der Waals surface area (Å²) in [6.07, 6.45) is -1.31. The van der Waals surface area contributed by atoms with Crippen molar-refractivity contribution in [2.45, 2.75) is 31.5 Å². The summed E-state index contributed by atoms with van der Waals surface area (Å²) in [5.74, 6) is -1.05. The molecule has 1 N–H and O–H groups in total. The minimum Gasteiger partial charge on any atom is -0.358 e. The van der Waals surface area contributed by atoms with Crippen LogP contribution in [-0.4, -0.2) is 15.4 Å². The minimum absolute atomic E-state index is 0.266. The molecule has 0 spiro atoms. The summed E-state index contributed by atoms with van der Waals surface area (Å²) in [5.41, 5.74) is 0. The van der Waals surface area contributed by atoms with Gasteiger partial charge in [-0.25, -0.2) is 0 Å². The number of rotatable bonds is 2. The van der Waals surface area contributed by atoms with Crippen molar-refractivity contribution in [3.63, 3.8) is 0 Å². The van der Waals surface area contributed by atoms with Crippen LogP contribution in [0.5, 0.6) is 0 Å². The molecule has 0 aliphatic heterocycles. The lowest BCUT2D eigenvalue weighted by Crippen LogP contribution is -2.26. The summed E-state index contributed by atoms with van der Waals surface area (Å²) in [4.78, 5) is 3.37. The van der Waals surface area contributed by atoms with Gasteiger partial charge in [-0.1, -0.05) is 0 Å². The number of nitrogens with zero attached hydrogens (tertiary/aromatic N) is 2. The van der Waals surface area contributed by atoms with Gasteiger partial charge < -0.3 is 5.32 Å². The zero-order valence-corrected chi connectivity index (χ0v) is 7.95. The van der Waals surface area contributed by atoms with Crippen molar-refractivity contribution in [1.82, 2.24) is 9.36 Å². The number of nitrogens with one attached hydrogen (secondary N) is 1. The maximum Gasteiger partial charge on any atom is 0.452 e. The molecule has 1 heterocycles. The topological polar surface area (TPSA) is 37.8 Å². The lowest BCUT2D eigenvalue weighted by molar-refractivity contribution is -0.144. The van der Waals surface area contributed by atoms with Crippen molar-refractivity contribution in [1.29, 1.82) is 0 Å². The van der Waals surface area contributed by atoms with Crippen molar-refractivity contribution in [2.24, 2.45) is 0 Å². The molecular formula is C7H8F3N3S. The fraction of sp³-hybridized carbons (Fsp3) is 0.714. The van der Waals surface area contributed by atoms with Gasteiger partial charge >= 0.3 is 6.18 Å². The van der Waals surface area contributed by atoms with E-state index < -0.39 is 12.0 Å². The standard InChI is InChI=1S/C7H8F3N3S/c8-7(9,10)5-12-6(14-13-5)11-4-2-1-3-4/h4H,1-3H2,(H,11,12,13). The SMILES string of the molecule is FC(F)(F)c1nsc(NC2CCC2)n1. The third kappa shape index (κ3) is 1.97. The van der Waals surface area contributed by atoms with E-state index >= 15 is 0 Å². The Bertz CT molecular complexity index is 318. The van der Waals surface area contributed by atoms with E-state index in [0.29, 0.717) is 0 Å². The molecule has 2 rings (SSSR count). The van der Waals surface area contributed by atoms with Crippen LogP contribution >= 0.6 is 11.5 Å². The number of anilines is 1. The van der Waals surface area contributed by atoms with Gasteiger partial charge in [-0.3, -0.25) is 0 Å². The van der Waals surface area contributed by atoms with Crippen LogP contribution in [0.2, 0.25) is 0 Å². The van der Waals surface area contributed by atoms with E-state index in [1.54, 1.807) is 0 Å². The number of hydrogen-bond donors (Lipinski definition) is 1. The van der Waals surface area contributed by atoms with Crippen LogP contribution in [-0.2, 0) is 6.18 Å². The second-order valence-corrected chi connectivity index (χ2v) is 3.94. The monoisotopic (exact) mass is 223 g/mol. The van der Waals surface area contributed by atoms with Gasteiger partial charge in [0.05, 0.1) is 0 Å². The zero-order valence-electron chi connectivity index (χ0n) is 7.14. The average molecular weight is 223 g/mol. The smallest absolute Gasteiger partial charge is 0.358 e.